The Hall–Kier alpha value is -2.67. The average molecular weight is 515 g/mol. The Kier molecular flexibility index (Phi) is 6.72. The molecule has 4 heterocycles. The van der Waals surface area contributed by atoms with Crippen LogP contribution in [-0.4, -0.2) is 70.0 Å². The van der Waals surface area contributed by atoms with Crippen LogP contribution in [0.3, 0.4) is 0 Å². The number of nitrogens with zero attached hydrogens (tertiary/aromatic N) is 5. The standard InChI is InChI=1S/C31H42N6O/c38-31(24-7-8-24)37-19-15-28-27(37)6-3-16-36(28)30-21-32-20-29(34-30)33-25-11-9-22(10-12-25)23-13-17-35(18-14-23)26-4-1-2-5-26/h9-12,20-21,23-24,26-28H,1-8,13-19H2,(H,33,34)/t27-,28-/m1/s1. The van der Waals surface area contributed by atoms with E-state index in [-0.39, 0.29) is 0 Å². The van der Waals surface area contributed by atoms with Gasteiger partial charge in [0.1, 0.15) is 5.82 Å². The van der Waals surface area contributed by atoms with Crippen molar-refractivity contribution in [2.75, 3.05) is 36.4 Å². The zero-order chi connectivity index (χ0) is 25.5. The van der Waals surface area contributed by atoms with Gasteiger partial charge in [-0.15, -0.1) is 0 Å². The van der Waals surface area contributed by atoms with Crippen LogP contribution in [0.1, 0.15) is 82.1 Å². The molecule has 2 atom stereocenters. The van der Waals surface area contributed by atoms with Crippen LogP contribution >= 0.6 is 0 Å². The molecule has 5 aliphatic rings. The minimum absolute atomic E-state index is 0.299. The molecular weight excluding hydrogens is 472 g/mol. The smallest absolute Gasteiger partial charge is 0.226 e. The van der Waals surface area contributed by atoms with Crippen molar-refractivity contribution >= 4 is 23.2 Å². The fourth-order valence-electron chi connectivity index (χ4n) is 7.72. The van der Waals surface area contributed by atoms with E-state index in [0.717, 1.165) is 68.6 Å². The van der Waals surface area contributed by atoms with Gasteiger partial charge < -0.3 is 20.0 Å². The number of hydrogen-bond acceptors (Lipinski definition) is 6. The molecule has 2 aromatic rings. The number of amides is 1. The molecular formula is C31H42N6O. The van der Waals surface area contributed by atoms with E-state index >= 15 is 0 Å². The number of benzene rings is 1. The predicted octanol–water partition coefficient (Wildman–Crippen LogP) is 5.32. The second kappa shape index (κ2) is 10.5. The average Bonchev–Trinajstić information content (AvgIpc) is 3.49. The Bertz CT molecular complexity index is 1120. The summed E-state index contributed by atoms with van der Waals surface area (Å²) in [4.78, 5) is 29.7. The number of likely N-dealkylation sites (tertiary alicyclic amines) is 2. The van der Waals surface area contributed by atoms with Crippen LogP contribution in [-0.2, 0) is 4.79 Å². The number of piperidine rings is 2. The third-order valence-electron chi connectivity index (χ3n) is 9.96. The third-order valence-corrected chi connectivity index (χ3v) is 9.96. The lowest BCUT2D eigenvalue weighted by Crippen LogP contribution is -2.51. The first kappa shape index (κ1) is 24.4. The zero-order valence-corrected chi connectivity index (χ0v) is 22.6. The fourth-order valence-corrected chi connectivity index (χ4v) is 7.72. The first-order valence-electron chi connectivity index (χ1n) is 15.2. The summed E-state index contributed by atoms with van der Waals surface area (Å²) in [6, 6.07) is 10.5. The first-order chi connectivity index (χ1) is 18.7. The van der Waals surface area contributed by atoms with E-state index < -0.39 is 0 Å². The van der Waals surface area contributed by atoms with E-state index in [9.17, 15) is 4.79 Å². The summed E-state index contributed by atoms with van der Waals surface area (Å²) in [5.41, 5.74) is 2.52. The second-order valence-corrected chi connectivity index (χ2v) is 12.3. The molecule has 1 N–H and O–H groups in total. The monoisotopic (exact) mass is 514 g/mol. The van der Waals surface area contributed by atoms with Gasteiger partial charge in [0.15, 0.2) is 5.82 Å². The van der Waals surface area contributed by atoms with Crippen molar-refractivity contribution in [2.45, 2.75) is 94.7 Å². The van der Waals surface area contributed by atoms with E-state index in [2.05, 4.69) is 49.3 Å². The Balaban J connectivity index is 0.980. The van der Waals surface area contributed by atoms with Gasteiger partial charge in [0, 0.05) is 30.7 Å². The van der Waals surface area contributed by atoms with E-state index in [1.165, 1.54) is 57.2 Å². The maximum absolute atomic E-state index is 12.8. The summed E-state index contributed by atoms with van der Waals surface area (Å²) >= 11 is 0. The van der Waals surface area contributed by atoms with Gasteiger partial charge in [-0.3, -0.25) is 9.78 Å². The highest BCUT2D eigenvalue weighted by atomic mass is 16.2. The summed E-state index contributed by atoms with van der Waals surface area (Å²) in [5.74, 6) is 3.08. The maximum atomic E-state index is 12.8. The maximum Gasteiger partial charge on any atom is 0.226 e. The molecule has 7 nitrogen and oxygen atoms in total. The number of fused-ring (bicyclic) bond motifs is 1. The number of rotatable bonds is 6. The van der Waals surface area contributed by atoms with Gasteiger partial charge in [-0.05, 0) is 94.5 Å². The van der Waals surface area contributed by atoms with Crippen molar-refractivity contribution in [3.63, 3.8) is 0 Å². The second-order valence-electron chi connectivity index (χ2n) is 12.3. The van der Waals surface area contributed by atoms with Crippen LogP contribution in [0.5, 0.6) is 0 Å². The van der Waals surface area contributed by atoms with E-state index in [4.69, 9.17) is 4.98 Å². The van der Waals surface area contributed by atoms with Crippen LogP contribution < -0.4 is 10.2 Å². The van der Waals surface area contributed by atoms with Crippen LogP contribution in [0, 0.1) is 5.92 Å². The number of carbonyl (C=O) groups is 1. The molecule has 3 aliphatic heterocycles. The third kappa shape index (κ3) is 4.90. The summed E-state index contributed by atoms with van der Waals surface area (Å²) in [7, 11) is 0. The number of carbonyl (C=O) groups excluding carboxylic acids is 1. The molecule has 7 rings (SSSR count). The SMILES string of the molecule is O=C(C1CC1)N1CC[C@@H]2[C@H]1CCCN2c1cncc(Nc2ccc(C3CCN(C4CCCC4)CC3)cc2)n1. The van der Waals surface area contributed by atoms with Gasteiger partial charge in [0.05, 0.1) is 24.5 Å². The normalized spacial score (nSPS) is 27.1. The van der Waals surface area contributed by atoms with Gasteiger partial charge in [-0.2, -0.15) is 0 Å². The summed E-state index contributed by atoms with van der Waals surface area (Å²) in [6.07, 6.45) is 17.3. The number of hydrogen-bond donors (Lipinski definition) is 1. The predicted molar refractivity (Wildman–Crippen MR) is 151 cm³/mol. The summed E-state index contributed by atoms with van der Waals surface area (Å²) in [6.45, 7) is 4.38. The lowest BCUT2D eigenvalue weighted by atomic mass is 9.88. The lowest BCUT2D eigenvalue weighted by molar-refractivity contribution is -0.133. The molecule has 5 fully saturated rings. The van der Waals surface area contributed by atoms with Gasteiger partial charge in [0.25, 0.3) is 0 Å². The van der Waals surface area contributed by atoms with Crippen molar-refractivity contribution in [2.24, 2.45) is 5.92 Å². The zero-order valence-electron chi connectivity index (χ0n) is 22.6. The van der Waals surface area contributed by atoms with Crippen molar-refractivity contribution in [1.29, 1.82) is 0 Å². The largest absolute Gasteiger partial charge is 0.350 e. The van der Waals surface area contributed by atoms with Crippen LogP contribution in [0.15, 0.2) is 36.7 Å². The molecule has 2 aliphatic carbocycles. The Labute approximate surface area is 227 Å². The van der Waals surface area contributed by atoms with Crippen LogP contribution in [0.4, 0.5) is 17.3 Å². The summed E-state index contributed by atoms with van der Waals surface area (Å²) in [5, 5.41) is 3.49. The van der Waals surface area contributed by atoms with E-state index in [1.807, 2.05) is 12.4 Å². The highest BCUT2D eigenvalue weighted by Crippen LogP contribution is 2.39. The van der Waals surface area contributed by atoms with Gasteiger partial charge in [0.2, 0.25) is 5.91 Å². The van der Waals surface area contributed by atoms with Gasteiger partial charge in [-0.25, -0.2) is 4.98 Å². The van der Waals surface area contributed by atoms with Gasteiger partial charge in [-0.1, -0.05) is 25.0 Å². The molecule has 202 valence electrons. The lowest BCUT2D eigenvalue weighted by Gasteiger charge is -2.40. The molecule has 7 heteroatoms. The summed E-state index contributed by atoms with van der Waals surface area (Å²) < 4.78 is 0. The highest BCUT2D eigenvalue weighted by Gasteiger charge is 2.46. The quantitative estimate of drug-likeness (QED) is 0.563. The van der Waals surface area contributed by atoms with Crippen molar-refractivity contribution in [3.05, 3.63) is 42.2 Å². The van der Waals surface area contributed by atoms with Gasteiger partial charge >= 0.3 is 0 Å². The van der Waals surface area contributed by atoms with Crippen molar-refractivity contribution < 1.29 is 4.79 Å². The molecule has 1 aromatic carbocycles. The number of nitrogens with one attached hydrogen (secondary N) is 1. The molecule has 0 radical (unpaired) electrons. The fraction of sp³-hybridized carbons (Fsp3) is 0.645. The van der Waals surface area contributed by atoms with Crippen LogP contribution in [0.2, 0.25) is 0 Å². The molecule has 0 unspecified atom stereocenters. The molecule has 2 saturated carbocycles. The molecule has 0 bridgehead atoms. The number of anilines is 3. The first-order valence-corrected chi connectivity index (χ1v) is 15.2. The Morgan fingerprint density at radius 3 is 2.34 bits per heavy atom. The molecule has 1 amide bonds. The molecule has 0 spiro atoms. The van der Waals surface area contributed by atoms with Crippen molar-refractivity contribution in [3.8, 4) is 0 Å². The molecule has 38 heavy (non-hydrogen) atoms. The Morgan fingerprint density at radius 1 is 0.789 bits per heavy atom. The minimum Gasteiger partial charge on any atom is -0.350 e. The highest BCUT2D eigenvalue weighted by molar-refractivity contribution is 5.82. The van der Waals surface area contributed by atoms with Crippen LogP contribution in [0.25, 0.3) is 0 Å². The molecule has 1 aromatic heterocycles. The number of aromatic nitrogens is 2. The topological polar surface area (TPSA) is 64.6 Å². The Morgan fingerprint density at radius 2 is 1.58 bits per heavy atom. The minimum atomic E-state index is 0.299. The van der Waals surface area contributed by atoms with Crippen molar-refractivity contribution in [1.82, 2.24) is 19.8 Å². The van der Waals surface area contributed by atoms with E-state index in [0.29, 0.717) is 29.8 Å². The van der Waals surface area contributed by atoms with E-state index in [1.54, 1.807) is 0 Å². The molecule has 3 saturated heterocycles.